The number of unbranched alkanes of at least 4 members (excludes halogenated alkanes) is 1. The summed E-state index contributed by atoms with van der Waals surface area (Å²) in [6.07, 6.45) is 4.67. The van der Waals surface area contributed by atoms with E-state index in [-0.39, 0.29) is 5.91 Å². The number of likely N-dealkylation sites (tertiary alicyclic amines) is 1. The summed E-state index contributed by atoms with van der Waals surface area (Å²) in [4.78, 5) is 24.5. The van der Waals surface area contributed by atoms with E-state index < -0.39 is 12.0 Å². The Morgan fingerprint density at radius 3 is 2.82 bits per heavy atom. The van der Waals surface area contributed by atoms with Crippen LogP contribution in [0.25, 0.3) is 0 Å². The van der Waals surface area contributed by atoms with E-state index in [1.54, 1.807) is 16.7 Å². The van der Waals surface area contributed by atoms with Gasteiger partial charge in [-0.2, -0.15) is 11.8 Å². The molecule has 0 aromatic heterocycles. The van der Waals surface area contributed by atoms with Gasteiger partial charge in [0.15, 0.2) is 0 Å². The Hall–Kier alpha value is -0.710. The highest BCUT2D eigenvalue weighted by Crippen LogP contribution is 2.18. The van der Waals surface area contributed by atoms with Crippen molar-refractivity contribution in [3.8, 4) is 0 Å². The molecule has 1 rings (SSSR count). The molecular formula is C12H21NO3S. The number of hydrogen-bond donors (Lipinski definition) is 1. The lowest BCUT2D eigenvalue weighted by Gasteiger charge is -2.32. The molecule has 0 spiro atoms. The third kappa shape index (κ3) is 4.58. The molecule has 1 saturated heterocycles. The molecule has 0 aromatic rings. The normalized spacial score (nSPS) is 20.3. The van der Waals surface area contributed by atoms with Crippen molar-refractivity contribution in [3.05, 3.63) is 0 Å². The SMILES string of the molecule is CCCCSCC(=O)N1CCCC[C@@H]1C(=O)O. The molecule has 1 aliphatic rings. The molecule has 4 nitrogen and oxygen atoms in total. The molecule has 17 heavy (non-hydrogen) atoms. The first-order valence-electron chi connectivity index (χ1n) is 6.26. The maximum absolute atomic E-state index is 11.9. The van der Waals surface area contributed by atoms with E-state index in [1.165, 1.54) is 0 Å². The number of amides is 1. The third-order valence-corrected chi connectivity index (χ3v) is 4.00. The van der Waals surface area contributed by atoms with Crippen molar-refractivity contribution in [2.24, 2.45) is 0 Å². The van der Waals surface area contributed by atoms with Crippen molar-refractivity contribution >= 4 is 23.6 Å². The highest BCUT2D eigenvalue weighted by atomic mass is 32.2. The minimum atomic E-state index is -0.864. The molecule has 98 valence electrons. The number of hydrogen-bond acceptors (Lipinski definition) is 3. The third-order valence-electron chi connectivity index (χ3n) is 2.98. The smallest absolute Gasteiger partial charge is 0.326 e. The second-order valence-corrected chi connectivity index (χ2v) is 5.45. The summed E-state index contributed by atoms with van der Waals surface area (Å²) >= 11 is 1.61. The summed E-state index contributed by atoms with van der Waals surface area (Å²) < 4.78 is 0. The van der Waals surface area contributed by atoms with Crippen LogP contribution in [0, 0.1) is 0 Å². The first kappa shape index (κ1) is 14.4. The number of carboxylic acids is 1. The topological polar surface area (TPSA) is 57.6 Å². The predicted octanol–water partition coefficient (Wildman–Crippen LogP) is 1.99. The highest BCUT2D eigenvalue weighted by Gasteiger charge is 2.31. The molecule has 0 unspecified atom stereocenters. The molecule has 0 bridgehead atoms. The number of carbonyl (C=O) groups excluding carboxylic acids is 1. The summed E-state index contributed by atoms with van der Waals surface area (Å²) in [6.45, 7) is 2.72. The minimum Gasteiger partial charge on any atom is -0.480 e. The van der Waals surface area contributed by atoms with Gasteiger partial charge in [0.1, 0.15) is 6.04 Å². The van der Waals surface area contributed by atoms with Gasteiger partial charge in [0.05, 0.1) is 5.75 Å². The quantitative estimate of drug-likeness (QED) is 0.741. The number of carboxylic acid groups (broad SMARTS) is 1. The van der Waals surface area contributed by atoms with Gasteiger partial charge in [0.2, 0.25) is 5.91 Å². The van der Waals surface area contributed by atoms with Crippen LogP contribution in [0.2, 0.25) is 0 Å². The molecule has 5 heteroatoms. The van der Waals surface area contributed by atoms with Gasteiger partial charge < -0.3 is 10.0 Å². The number of thioether (sulfide) groups is 1. The van der Waals surface area contributed by atoms with E-state index in [2.05, 4.69) is 6.92 Å². The van der Waals surface area contributed by atoms with Crippen LogP contribution >= 0.6 is 11.8 Å². The summed E-state index contributed by atoms with van der Waals surface area (Å²) in [7, 11) is 0. The fraction of sp³-hybridized carbons (Fsp3) is 0.833. The molecule has 1 atom stereocenters. The largest absolute Gasteiger partial charge is 0.480 e. The van der Waals surface area contributed by atoms with Crippen LogP contribution in [0.15, 0.2) is 0 Å². The predicted molar refractivity (Wildman–Crippen MR) is 69.2 cm³/mol. The highest BCUT2D eigenvalue weighted by molar-refractivity contribution is 7.99. The molecule has 1 heterocycles. The van der Waals surface area contributed by atoms with Crippen LogP contribution < -0.4 is 0 Å². The van der Waals surface area contributed by atoms with Crippen LogP contribution in [0.1, 0.15) is 39.0 Å². The molecule has 0 aromatic carbocycles. The number of aliphatic carboxylic acids is 1. The van der Waals surface area contributed by atoms with E-state index in [0.717, 1.165) is 31.4 Å². The lowest BCUT2D eigenvalue weighted by atomic mass is 10.0. The summed E-state index contributed by atoms with van der Waals surface area (Å²) in [5.74, 6) is 0.521. The first-order chi connectivity index (χ1) is 8.16. The Balaban J connectivity index is 2.39. The van der Waals surface area contributed by atoms with Crippen LogP contribution in [0.4, 0.5) is 0 Å². The number of carbonyl (C=O) groups is 2. The zero-order valence-electron chi connectivity index (χ0n) is 10.4. The van der Waals surface area contributed by atoms with Crippen molar-refractivity contribution in [2.75, 3.05) is 18.1 Å². The van der Waals surface area contributed by atoms with Gasteiger partial charge >= 0.3 is 5.97 Å². The van der Waals surface area contributed by atoms with Gasteiger partial charge in [-0.15, -0.1) is 0 Å². The van der Waals surface area contributed by atoms with Crippen molar-refractivity contribution in [3.63, 3.8) is 0 Å². The summed E-state index contributed by atoms with van der Waals surface area (Å²) in [5.41, 5.74) is 0. The number of nitrogens with zero attached hydrogens (tertiary/aromatic N) is 1. The molecule has 1 aliphatic heterocycles. The van der Waals surface area contributed by atoms with Crippen LogP contribution in [-0.2, 0) is 9.59 Å². The van der Waals surface area contributed by atoms with Crippen molar-refractivity contribution < 1.29 is 14.7 Å². The van der Waals surface area contributed by atoms with E-state index in [9.17, 15) is 9.59 Å². The zero-order valence-corrected chi connectivity index (χ0v) is 11.2. The second-order valence-electron chi connectivity index (χ2n) is 4.34. The Labute approximate surface area is 107 Å². The Kier molecular flexibility index (Phi) is 6.40. The fourth-order valence-corrected chi connectivity index (χ4v) is 2.95. The van der Waals surface area contributed by atoms with E-state index in [4.69, 9.17) is 5.11 Å². The van der Waals surface area contributed by atoms with Crippen molar-refractivity contribution in [1.29, 1.82) is 0 Å². The van der Waals surface area contributed by atoms with E-state index in [0.29, 0.717) is 18.7 Å². The minimum absolute atomic E-state index is 0.0156. The van der Waals surface area contributed by atoms with Crippen LogP contribution in [0.5, 0.6) is 0 Å². The van der Waals surface area contributed by atoms with Gasteiger partial charge in [-0.1, -0.05) is 13.3 Å². The van der Waals surface area contributed by atoms with Gasteiger partial charge in [0.25, 0.3) is 0 Å². The molecule has 1 amide bonds. The summed E-state index contributed by atoms with van der Waals surface area (Å²) in [6, 6.07) is -0.594. The fourth-order valence-electron chi connectivity index (χ4n) is 1.98. The van der Waals surface area contributed by atoms with Gasteiger partial charge in [-0.3, -0.25) is 4.79 Å². The molecule has 1 N–H and O–H groups in total. The molecule has 0 radical (unpaired) electrons. The lowest BCUT2D eigenvalue weighted by Crippen LogP contribution is -2.48. The molecule has 0 aliphatic carbocycles. The van der Waals surface area contributed by atoms with Crippen molar-refractivity contribution in [1.82, 2.24) is 4.90 Å². The Morgan fingerprint density at radius 1 is 1.41 bits per heavy atom. The monoisotopic (exact) mass is 259 g/mol. The molecule has 1 fully saturated rings. The average molecular weight is 259 g/mol. The standard InChI is InChI=1S/C12H21NO3S/c1-2-3-8-17-9-11(14)13-7-5-4-6-10(13)12(15)16/h10H,2-9H2,1H3,(H,15,16)/t10-/m1/s1. The number of piperidine rings is 1. The Morgan fingerprint density at radius 2 is 2.18 bits per heavy atom. The van der Waals surface area contributed by atoms with Crippen LogP contribution in [-0.4, -0.2) is 46.0 Å². The van der Waals surface area contributed by atoms with Crippen molar-refractivity contribution in [2.45, 2.75) is 45.1 Å². The average Bonchev–Trinajstić information content (AvgIpc) is 2.34. The molecular weight excluding hydrogens is 238 g/mol. The van der Waals surface area contributed by atoms with Gasteiger partial charge in [-0.25, -0.2) is 4.79 Å². The molecule has 0 saturated carbocycles. The second kappa shape index (κ2) is 7.58. The van der Waals surface area contributed by atoms with E-state index in [1.807, 2.05) is 0 Å². The maximum Gasteiger partial charge on any atom is 0.326 e. The van der Waals surface area contributed by atoms with E-state index >= 15 is 0 Å². The first-order valence-corrected chi connectivity index (χ1v) is 7.42. The van der Waals surface area contributed by atoms with Crippen LogP contribution in [0.3, 0.4) is 0 Å². The Bertz CT molecular complexity index is 270. The summed E-state index contributed by atoms with van der Waals surface area (Å²) in [5, 5.41) is 9.07. The zero-order chi connectivity index (χ0) is 12.7. The van der Waals surface area contributed by atoms with Gasteiger partial charge in [-0.05, 0) is 31.4 Å². The maximum atomic E-state index is 11.9. The van der Waals surface area contributed by atoms with Gasteiger partial charge in [0, 0.05) is 6.54 Å². The number of rotatable bonds is 6. The lowest BCUT2D eigenvalue weighted by molar-refractivity contribution is -0.150.